The summed E-state index contributed by atoms with van der Waals surface area (Å²) in [5, 5.41) is 0.807. The molecule has 0 saturated heterocycles. The molecule has 0 aliphatic carbocycles. The lowest BCUT2D eigenvalue weighted by molar-refractivity contribution is 1.33. The Morgan fingerprint density at radius 2 is 0.643 bits per heavy atom. The van der Waals surface area contributed by atoms with Crippen molar-refractivity contribution in [1.82, 2.24) is 4.98 Å². The van der Waals surface area contributed by atoms with Crippen molar-refractivity contribution in [2.45, 2.75) is 0 Å². The van der Waals surface area contributed by atoms with Gasteiger partial charge in [0.05, 0.1) is 50.2 Å². The van der Waals surface area contributed by atoms with Gasteiger partial charge < -0.3 is 0 Å². The van der Waals surface area contributed by atoms with Crippen LogP contribution in [0.3, 0.4) is 0 Å². The molecule has 0 aliphatic heterocycles. The number of benzene rings is 2. The first-order valence-electron chi connectivity index (χ1n) is 7.06. The van der Waals surface area contributed by atoms with Gasteiger partial charge in [-0.1, -0.05) is 116 Å². The average molecular weight is 576 g/mol. The van der Waals surface area contributed by atoms with Gasteiger partial charge in [-0.25, -0.2) is 0 Å². The maximum Gasteiger partial charge on any atom is 0.0809 e. The number of nitrogens with zero attached hydrogens (tertiary/aromatic N) is 1. The molecule has 28 heavy (non-hydrogen) atoms. The van der Waals surface area contributed by atoms with Gasteiger partial charge in [-0.2, -0.15) is 0 Å². The molecule has 0 spiro atoms. The Morgan fingerprint density at radius 1 is 0.393 bits per heavy atom. The normalized spacial score (nSPS) is 11.2. The summed E-state index contributed by atoms with van der Waals surface area (Å²) >= 11 is 62.1. The summed E-state index contributed by atoms with van der Waals surface area (Å²) in [4.78, 5) is 4.19. The molecule has 0 N–H and O–H groups in total. The summed E-state index contributed by atoms with van der Waals surface area (Å²) in [5.74, 6) is 0. The van der Waals surface area contributed by atoms with Crippen molar-refractivity contribution in [1.29, 1.82) is 0 Å². The van der Waals surface area contributed by atoms with E-state index in [2.05, 4.69) is 4.98 Å². The van der Waals surface area contributed by atoms with Crippen molar-refractivity contribution in [3.8, 4) is 22.3 Å². The molecular weight excluding hydrogens is 573 g/mol. The minimum Gasteiger partial charge on any atom is -0.263 e. The lowest BCUT2D eigenvalue weighted by atomic mass is 10.0. The van der Waals surface area contributed by atoms with Gasteiger partial charge in [0.25, 0.3) is 0 Å². The number of pyridine rings is 1. The Kier molecular flexibility index (Phi) is 7.38. The van der Waals surface area contributed by atoms with E-state index in [1.54, 1.807) is 6.07 Å². The Hall–Kier alpha value is 0.490. The highest BCUT2D eigenvalue weighted by molar-refractivity contribution is 6.57. The van der Waals surface area contributed by atoms with Crippen molar-refractivity contribution < 1.29 is 0 Å². The van der Waals surface area contributed by atoms with E-state index in [1.165, 1.54) is 12.4 Å². The van der Waals surface area contributed by atoms with E-state index in [0.717, 1.165) is 0 Å². The molecule has 0 radical (unpaired) electrons. The predicted molar refractivity (Wildman–Crippen MR) is 125 cm³/mol. The van der Waals surface area contributed by atoms with Crippen LogP contribution in [0.2, 0.25) is 50.2 Å². The predicted octanol–water partition coefficient (Wildman–Crippen LogP) is 10.9. The first-order valence-corrected chi connectivity index (χ1v) is 10.8. The Morgan fingerprint density at radius 3 is 0.929 bits per heavy atom. The molecule has 0 bridgehead atoms. The van der Waals surface area contributed by atoms with Crippen LogP contribution < -0.4 is 0 Å². The Labute approximate surface area is 210 Å². The van der Waals surface area contributed by atoms with Crippen LogP contribution in [-0.4, -0.2) is 4.98 Å². The van der Waals surface area contributed by atoms with Crippen LogP contribution in [0.15, 0.2) is 18.5 Å². The summed E-state index contributed by atoms with van der Waals surface area (Å²) in [5.41, 5.74) is 1.66. The van der Waals surface area contributed by atoms with E-state index in [9.17, 15) is 0 Å². The highest BCUT2D eigenvalue weighted by Gasteiger charge is 2.23. The molecule has 3 rings (SSSR count). The molecule has 0 atom stereocenters. The number of rotatable bonds is 2. The molecule has 2 aromatic carbocycles. The molecule has 0 saturated carbocycles. The molecular formula is C17H3Cl10N. The van der Waals surface area contributed by atoms with Gasteiger partial charge in [0, 0.05) is 34.6 Å². The molecule has 0 unspecified atom stereocenters. The highest BCUT2D eigenvalue weighted by atomic mass is 35.5. The minimum atomic E-state index is 0.0496. The quantitative estimate of drug-likeness (QED) is 0.219. The molecule has 3 aromatic rings. The number of halogens is 10. The fraction of sp³-hybridized carbons (Fsp3) is 0. The molecule has 146 valence electrons. The van der Waals surface area contributed by atoms with Crippen molar-refractivity contribution in [2.24, 2.45) is 0 Å². The van der Waals surface area contributed by atoms with Gasteiger partial charge in [0.1, 0.15) is 0 Å². The van der Waals surface area contributed by atoms with Crippen LogP contribution in [0, 0.1) is 0 Å². The topological polar surface area (TPSA) is 12.9 Å². The van der Waals surface area contributed by atoms with Crippen LogP contribution >= 0.6 is 116 Å². The first kappa shape index (κ1) is 23.2. The highest BCUT2D eigenvalue weighted by Crippen LogP contribution is 2.51. The number of hydrogen-bond donors (Lipinski definition) is 0. The maximum atomic E-state index is 6.34. The fourth-order valence-corrected chi connectivity index (χ4v) is 5.14. The van der Waals surface area contributed by atoms with E-state index in [4.69, 9.17) is 116 Å². The van der Waals surface area contributed by atoms with Crippen LogP contribution in [0.1, 0.15) is 0 Å². The van der Waals surface area contributed by atoms with Crippen molar-refractivity contribution >= 4 is 116 Å². The number of hydrogen-bond acceptors (Lipinski definition) is 1. The second kappa shape index (κ2) is 8.93. The van der Waals surface area contributed by atoms with Crippen molar-refractivity contribution in [3.63, 3.8) is 0 Å². The van der Waals surface area contributed by atoms with Gasteiger partial charge in [-0.3, -0.25) is 4.98 Å². The lowest BCUT2D eigenvalue weighted by Crippen LogP contribution is -1.91. The van der Waals surface area contributed by atoms with E-state index >= 15 is 0 Å². The summed E-state index contributed by atoms with van der Waals surface area (Å²) in [7, 11) is 0. The maximum absolute atomic E-state index is 6.34. The van der Waals surface area contributed by atoms with Crippen LogP contribution in [0.4, 0.5) is 0 Å². The third-order valence-corrected chi connectivity index (χ3v) is 8.29. The van der Waals surface area contributed by atoms with Gasteiger partial charge in [-0.05, 0) is 6.07 Å². The van der Waals surface area contributed by atoms with E-state index in [0.29, 0.717) is 22.3 Å². The second-order valence-electron chi connectivity index (χ2n) is 5.35. The third-order valence-electron chi connectivity index (χ3n) is 3.74. The minimum absolute atomic E-state index is 0.0496. The summed E-state index contributed by atoms with van der Waals surface area (Å²) < 4.78 is 0. The second-order valence-corrected chi connectivity index (χ2v) is 9.13. The standard InChI is InChI=1S/C17H3Cl10N/c18-8-6(9(19)13(23)16(26)12(8)22)4-1-5(3-28-2-4)7-10(20)14(24)17(27)15(25)11(7)21/h1-3H. The van der Waals surface area contributed by atoms with Gasteiger partial charge in [0.15, 0.2) is 0 Å². The van der Waals surface area contributed by atoms with Gasteiger partial charge >= 0.3 is 0 Å². The molecule has 1 nitrogen and oxygen atoms in total. The molecule has 0 aliphatic rings. The molecule has 0 fully saturated rings. The smallest absolute Gasteiger partial charge is 0.0809 e. The average Bonchev–Trinajstić information content (AvgIpc) is 2.68. The zero-order valence-corrected chi connectivity index (χ0v) is 20.5. The molecule has 11 heteroatoms. The van der Waals surface area contributed by atoms with E-state index in [-0.39, 0.29) is 50.2 Å². The first-order chi connectivity index (χ1) is 13.1. The van der Waals surface area contributed by atoms with Crippen LogP contribution in [0.25, 0.3) is 22.3 Å². The zero-order chi connectivity index (χ0) is 20.9. The van der Waals surface area contributed by atoms with E-state index < -0.39 is 0 Å². The van der Waals surface area contributed by atoms with Gasteiger partial charge in [0.2, 0.25) is 0 Å². The van der Waals surface area contributed by atoms with Crippen molar-refractivity contribution in [2.75, 3.05) is 0 Å². The zero-order valence-electron chi connectivity index (χ0n) is 13.0. The summed E-state index contributed by atoms with van der Waals surface area (Å²) in [6, 6.07) is 1.67. The van der Waals surface area contributed by atoms with E-state index in [1.807, 2.05) is 0 Å². The molecule has 1 aromatic heterocycles. The van der Waals surface area contributed by atoms with Crippen LogP contribution in [-0.2, 0) is 0 Å². The summed E-state index contributed by atoms with van der Waals surface area (Å²) in [6.45, 7) is 0. The van der Waals surface area contributed by atoms with Crippen LogP contribution in [0.5, 0.6) is 0 Å². The molecule has 0 amide bonds. The lowest BCUT2D eigenvalue weighted by Gasteiger charge is -2.15. The monoisotopic (exact) mass is 571 g/mol. The fourth-order valence-electron chi connectivity index (χ4n) is 2.43. The Balaban J connectivity index is 2.31. The summed E-state index contributed by atoms with van der Waals surface area (Å²) in [6.07, 6.45) is 3.02. The number of aromatic nitrogens is 1. The van der Waals surface area contributed by atoms with Crippen molar-refractivity contribution in [3.05, 3.63) is 68.7 Å². The Bertz CT molecular complexity index is 983. The third kappa shape index (κ3) is 3.89. The SMILES string of the molecule is Clc1c(Cl)c(Cl)c(-c2cncc(-c3c(Cl)c(Cl)c(Cl)c(Cl)c3Cl)c2)c(Cl)c1Cl. The largest absolute Gasteiger partial charge is 0.263 e. The van der Waals surface area contributed by atoms with Gasteiger partial charge in [-0.15, -0.1) is 0 Å². The molecule has 1 heterocycles.